The van der Waals surface area contributed by atoms with Crippen LogP contribution in [0.15, 0.2) is 0 Å². The number of nitriles is 1. The summed E-state index contributed by atoms with van der Waals surface area (Å²) in [6, 6.07) is 2.55. The maximum Gasteiger partial charge on any atom is 0.0689 e. The second kappa shape index (κ2) is 5.87. The molecule has 0 unspecified atom stereocenters. The maximum absolute atomic E-state index is 9.15. The number of unbranched alkanes of at least 4 members (excludes halogenated alkanes) is 1. The van der Waals surface area contributed by atoms with Gasteiger partial charge in [-0.3, -0.25) is 0 Å². The van der Waals surface area contributed by atoms with E-state index in [0.717, 1.165) is 25.2 Å². The molecule has 0 radical (unpaired) electrons. The highest BCUT2D eigenvalue weighted by Crippen LogP contribution is 2.44. The lowest BCUT2D eigenvalue weighted by atomic mass is 9.67. The Hall–Kier alpha value is -0.550. The molecule has 2 aliphatic rings. The molecule has 0 atom stereocenters. The molecule has 1 heterocycles. The average Bonchev–Trinajstić information content (AvgIpc) is 2.30. The van der Waals surface area contributed by atoms with Gasteiger partial charge >= 0.3 is 0 Å². The number of piperidine rings is 1. The highest BCUT2D eigenvalue weighted by Gasteiger charge is 2.36. The van der Waals surface area contributed by atoms with Gasteiger partial charge in [0.1, 0.15) is 0 Å². The molecule has 0 aromatic rings. The summed E-state index contributed by atoms with van der Waals surface area (Å²) in [5.41, 5.74) is 0.0937. The van der Waals surface area contributed by atoms with Gasteiger partial charge in [0.05, 0.1) is 11.5 Å². The van der Waals surface area contributed by atoms with Gasteiger partial charge in [-0.25, -0.2) is 0 Å². The van der Waals surface area contributed by atoms with E-state index in [2.05, 4.69) is 17.9 Å². The van der Waals surface area contributed by atoms with E-state index in [1.165, 1.54) is 51.7 Å². The molecule has 1 aliphatic heterocycles. The standard InChI is InChI=1S/C15H26N2/c1-14-5-11-17(12-6-14)10-3-2-7-15(13-16)8-4-9-15/h14H,2-12H2,1H3. The largest absolute Gasteiger partial charge is 0.303 e. The molecule has 1 saturated heterocycles. The molecule has 17 heavy (non-hydrogen) atoms. The third-order valence-electron chi connectivity index (χ3n) is 4.80. The van der Waals surface area contributed by atoms with Crippen molar-refractivity contribution in [3.8, 4) is 6.07 Å². The van der Waals surface area contributed by atoms with Crippen LogP contribution in [0, 0.1) is 22.7 Å². The highest BCUT2D eigenvalue weighted by molar-refractivity contribution is 5.04. The van der Waals surface area contributed by atoms with E-state index in [1.54, 1.807) is 0 Å². The first kappa shape index (κ1) is 12.9. The van der Waals surface area contributed by atoms with Crippen molar-refractivity contribution in [3.63, 3.8) is 0 Å². The maximum atomic E-state index is 9.15. The van der Waals surface area contributed by atoms with E-state index in [-0.39, 0.29) is 5.41 Å². The monoisotopic (exact) mass is 234 g/mol. The van der Waals surface area contributed by atoms with E-state index < -0.39 is 0 Å². The topological polar surface area (TPSA) is 27.0 Å². The molecular weight excluding hydrogens is 208 g/mol. The third kappa shape index (κ3) is 3.45. The Labute approximate surface area is 106 Å². The Balaban J connectivity index is 1.56. The first-order chi connectivity index (χ1) is 8.24. The molecule has 1 aliphatic carbocycles. The van der Waals surface area contributed by atoms with Crippen LogP contribution in [0.3, 0.4) is 0 Å². The van der Waals surface area contributed by atoms with E-state index in [4.69, 9.17) is 5.26 Å². The summed E-state index contributed by atoms with van der Waals surface area (Å²) in [6.07, 6.45) is 10.0. The van der Waals surface area contributed by atoms with Gasteiger partial charge < -0.3 is 4.90 Å². The predicted octanol–water partition coefficient (Wildman–Crippen LogP) is 3.58. The molecule has 2 fully saturated rings. The van der Waals surface area contributed by atoms with E-state index in [0.29, 0.717) is 0 Å². The molecule has 2 rings (SSSR count). The van der Waals surface area contributed by atoms with Gasteiger partial charge in [-0.1, -0.05) is 19.8 Å². The summed E-state index contributed by atoms with van der Waals surface area (Å²) in [7, 11) is 0. The Morgan fingerprint density at radius 1 is 1.24 bits per heavy atom. The summed E-state index contributed by atoms with van der Waals surface area (Å²) >= 11 is 0. The van der Waals surface area contributed by atoms with Crippen molar-refractivity contribution in [3.05, 3.63) is 0 Å². The molecule has 1 saturated carbocycles. The second-order valence-electron chi connectivity index (χ2n) is 6.23. The molecule has 0 spiro atoms. The molecule has 0 aromatic carbocycles. The van der Waals surface area contributed by atoms with E-state index >= 15 is 0 Å². The zero-order chi connectivity index (χ0) is 12.1. The smallest absolute Gasteiger partial charge is 0.0689 e. The van der Waals surface area contributed by atoms with Crippen LogP contribution in [0.4, 0.5) is 0 Å². The van der Waals surface area contributed by atoms with Crippen molar-refractivity contribution in [2.24, 2.45) is 11.3 Å². The minimum Gasteiger partial charge on any atom is -0.303 e. The minimum absolute atomic E-state index is 0.0937. The van der Waals surface area contributed by atoms with Crippen molar-refractivity contribution in [1.29, 1.82) is 5.26 Å². The molecule has 96 valence electrons. The van der Waals surface area contributed by atoms with Crippen molar-refractivity contribution < 1.29 is 0 Å². The van der Waals surface area contributed by atoms with E-state index in [1.807, 2.05) is 0 Å². The van der Waals surface area contributed by atoms with Crippen molar-refractivity contribution in [2.45, 2.75) is 58.3 Å². The van der Waals surface area contributed by atoms with Gasteiger partial charge in [0, 0.05) is 0 Å². The molecule has 2 nitrogen and oxygen atoms in total. The molecule has 0 N–H and O–H groups in total. The van der Waals surface area contributed by atoms with Gasteiger partial charge in [0.2, 0.25) is 0 Å². The Morgan fingerprint density at radius 2 is 1.94 bits per heavy atom. The minimum atomic E-state index is 0.0937. The normalized spacial score (nSPS) is 25.2. The molecule has 0 amide bonds. The SMILES string of the molecule is CC1CCN(CCCCC2(C#N)CCC2)CC1. The number of hydrogen-bond acceptors (Lipinski definition) is 2. The van der Waals surface area contributed by atoms with Crippen LogP contribution < -0.4 is 0 Å². The number of hydrogen-bond donors (Lipinski definition) is 0. The number of rotatable bonds is 5. The number of likely N-dealkylation sites (tertiary alicyclic amines) is 1. The van der Waals surface area contributed by atoms with Crippen LogP contribution >= 0.6 is 0 Å². The summed E-state index contributed by atoms with van der Waals surface area (Å²) in [6.45, 7) is 6.22. The zero-order valence-electron chi connectivity index (χ0n) is 11.2. The average molecular weight is 234 g/mol. The lowest BCUT2D eigenvalue weighted by molar-refractivity contribution is 0.170. The van der Waals surface area contributed by atoms with Crippen molar-refractivity contribution in [2.75, 3.05) is 19.6 Å². The van der Waals surface area contributed by atoms with Crippen LogP contribution in [0.25, 0.3) is 0 Å². The van der Waals surface area contributed by atoms with Crippen LogP contribution in [-0.4, -0.2) is 24.5 Å². The lowest BCUT2D eigenvalue weighted by Gasteiger charge is -2.35. The van der Waals surface area contributed by atoms with Gasteiger partial charge in [-0.2, -0.15) is 5.26 Å². The first-order valence-electron chi connectivity index (χ1n) is 7.38. The summed E-state index contributed by atoms with van der Waals surface area (Å²) in [4.78, 5) is 2.61. The Kier molecular flexibility index (Phi) is 4.45. The summed E-state index contributed by atoms with van der Waals surface area (Å²) < 4.78 is 0. The van der Waals surface area contributed by atoms with Crippen LogP contribution in [0.5, 0.6) is 0 Å². The van der Waals surface area contributed by atoms with Gasteiger partial charge in [0.25, 0.3) is 0 Å². The Morgan fingerprint density at radius 3 is 2.47 bits per heavy atom. The van der Waals surface area contributed by atoms with E-state index in [9.17, 15) is 0 Å². The van der Waals surface area contributed by atoms with Gasteiger partial charge in [-0.05, 0) is 64.1 Å². The third-order valence-corrected chi connectivity index (χ3v) is 4.80. The molecule has 0 bridgehead atoms. The molecule has 0 aromatic heterocycles. The molecule has 2 heteroatoms. The van der Waals surface area contributed by atoms with Gasteiger partial charge in [-0.15, -0.1) is 0 Å². The fraction of sp³-hybridized carbons (Fsp3) is 0.933. The fourth-order valence-electron chi connectivity index (χ4n) is 3.11. The quantitative estimate of drug-likeness (QED) is 0.680. The lowest BCUT2D eigenvalue weighted by Crippen LogP contribution is -2.34. The van der Waals surface area contributed by atoms with Crippen LogP contribution in [-0.2, 0) is 0 Å². The van der Waals surface area contributed by atoms with Crippen LogP contribution in [0.2, 0.25) is 0 Å². The van der Waals surface area contributed by atoms with Crippen LogP contribution in [0.1, 0.15) is 58.3 Å². The summed E-state index contributed by atoms with van der Waals surface area (Å²) in [5, 5.41) is 9.15. The summed E-state index contributed by atoms with van der Waals surface area (Å²) in [5.74, 6) is 0.933. The van der Waals surface area contributed by atoms with Crippen molar-refractivity contribution in [1.82, 2.24) is 4.90 Å². The zero-order valence-corrected chi connectivity index (χ0v) is 11.2. The fourth-order valence-corrected chi connectivity index (χ4v) is 3.11. The van der Waals surface area contributed by atoms with Gasteiger partial charge in [0.15, 0.2) is 0 Å². The number of nitrogens with zero attached hydrogens (tertiary/aromatic N) is 2. The second-order valence-corrected chi connectivity index (χ2v) is 6.23. The highest BCUT2D eigenvalue weighted by atomic mass is 15.1. The Bertz CT molecular complexity index is 267. The first-order valence-corrected chi connectivity index (χ1v) is 7.38. The predicted molar refractivity (Wildman–Crippen MR) is 70.6 cm³/mol. The van der Waals surface area contributed by atoms with Crippen molar-refractivity contribution >= 4 is 0 Å². The molecular formula is C15H26N2.